The van der Waals surface area contributed by atoms with Gasteiger partial charge < -0.3 is 15.5 Å². The zero-order valence-electron chi connectivity index (χ0n) is 16.0. The van der Waals surface area contributed by atoms with Gasteiger partial charge in [0.25, 0.3) is 0 Å². The molecule has 2 aromatic rings. The number of hydrogen-bond donors (Lipinski definition) is 2. The molecule has 0 amide bonds. The number of rotatable bonds is 8. The van der Waals surface area contributed by atoms with E-state index >= 15 is 0 Å². The summed E-state index contributed by atoms with van der Waals surface area (Å²) in [5.41, 5.74) is 2.01. The zero-order valence-corrected chi connectivity index (χ0v) is 16.8. The number of guanidine groups is 1. The van der Waals surface area contributed by atoms with Crippen LogP contribution in [-0.4, -0.2) is 49.6 Å². The third kappa shape index (κ3) is 7.15. The van der Waals surface area contributed by atoms with E-state index in [1.807, 2.05) is 38.1 Å². The van der Waals surface area contributed by atoms with Crippen LogP contribution in [0, 0.1) is 5.82 Å². The van der Waals surface area contributed by atoms with Crippen LogP contribution in [0.2, 0.25) is 5.15 Å². The normalized spacial score (nSPS) is 12.9. The first-order chi connectivity index (χ1) is 13.0. The van der Waals surface area contributed by atoms with Gasteiger partial charge in [0.2, 0.25) is 0 Å². The first-order valence-corrected chi connectivity index (χ1v) is 9.42. The van der Waals surface area contributed by atoms with Crippen molar-refractivity contribution in [2.75, 3.05) is 33.7 Å². The maximum Gasteiger partial charge on any atom is 0.191 e. The van der Waals surface area contributed by atoms with Crippen molar-refractivity contribution < 1.29 is 4.39 Å². The number of halogens is 2. The second kappa shape index (κ2) is 10.8. The molecule has 0 aliphatic rings. The van der Waals surface area contributed by atoms with Crippen LogP contribution in [-0.2, 0) is 6.42 Å². The molecule has 0 spiro atoms. The molecule has 1 unspecified atom stereocenters. The Morgan fingerprint density at radius 1 is 1.26 bits per heavy atom. The van der Waals surface area contributed by atoms with Crippen molar-refractivity contribution in [2.24, 2.45) is 4.99 Å². The fourth-order valence-corrected chi connectivity index (χ4v) is 2.79. The second-order valence-electron chi connectivity index (χ2n) is 6.42. The Kier molecular flexibility index (Phi) is 8.48. The fraction of sp³-hybridized carbons (Fsp3) is 0.400. The Labute approximate surface area is 165 Å². The van der Waals surface area contributed by atoms with Crippen LogP contribution in [0.5, 0.6) is 0 Å². The predicted octanol–water partition coefficient (Wildman–Crippen LogP) is 3.27. The Morgan fingerprint density at radius 2 is 2.07 bits per heavy atom. The highest BCUT2D eigenvalue weighted by atomic mass is 35.5. The molecule has 0 radical (unpaired) electrons. The number of likely N-dealkylation sites (N-methyl/N-ethyl adjacent to an activating group) is 1. The Morgan fingerprint density at radius 3 is 2.70 bits per heavy atom. The van der Waals surface area contributed by atoms with Crippen LogP contribution in [0.3, 0.4) is 0 Å². The maximum absolute atomic E-state index is 13.6. The summed E-state index contributed by atoms with van der Waals surface area (Å²) >= 11 is 5.81. The van der Waals surface area contributed by atoms with Crippen LogP contribution < -0.4 is 10.6 Å². The lowest BCUT2D eigenvalue weighted by molar-refractivity contribution is 0.305. The SMILES string of the molecule is CCNC(=NCC(c1cccc(F)c1)N(C)C)NCCc1ccc(Cl)nc1. The van der Waals surface area contributed by atoms with E-state index in [-0.39, 0.29) is 11.9 Å². The topological polar surface area (TPSA) is 52.6 Å². The van der Waals surface area contributed by atoms with Crippen LogP contribution in [0.25, 0.3) is 0 Å². The number of benzene rings is 1. The number of hydrogen-bond acceptors (Lipinski definition) is 3. The quantitative estimate of drug-likeness (QED) is 0.412. The molecule has 1 aromatic carbocycles. The van der Waals surface area contributed by atoms with Crippen molar-refractivity contribution in [1.82, 2.24) is 20.5 Å². The second-order valence-corrected chi connectivity index (χ2v) is 6.81. The van der Waals surface area contributed by atoms with E-state index < -0.39 is 0 Å². The molecule has 146 valence electrons. The lowest BCUT2D eigenvalue weighted by atomic mass is 10.1. The van der Waals surface area contributed by atoms with E-state index in [1.165, 1.54) is 6.07 Å². The van der Waals surface area contributed by atoms with Crippen molar-refractivity contribution in [2.45, 2.75) is 19.4 Å². The number of pyridine rings is 1. The molecule has 7 heteroatoms. The summed E-state index contributed by atoms with van der Waals surface area (Å²) in [6.07, 6.45) is 2.59. The fourth-order valence-electron chi connectivity index (χ4n) is 2.68. The summed E-state index contributed by atoms with van der Waals surface area (Å²) < 4.78 is 13.6. The molecule has 1 atom stereocenters. The molecule has 0 fully saturated rings. The van der Waals surface area contributed by atoms with Gasteiger partial charge >= 0.3 is 0 Å². The maximum atomic E-state index is 13.6. The van der Waals surface area contributed by atoms with Crippen molar-refractivity contribution in [1.29, 1.82) is 0 Å². The minimum Gasteiger partial charge on any atom is -0.357 e. The van der Waals surface area contributed by atoms with Gasteiger partial charge in [-0.2, -0.15) is 0 Å². The van der Waals surface area contributed by atoms with Crippen molar-refractivity contribution in [3.8, 4) is 0 Å². The van der Waals surface area contributed by atoms with Gasteiger partial charge in [-0.05, 0) is 56.8 Å². The minimum atomic E-state index is -0.232. The molecule has 0 saturated heterocycles. The molecule has 0 bridgehead atoms. The monoisotopic (exact) mass is 391 g/mol. The van der Waals surface area contributed by atoms with E-state index in [4.69, 9.17) is 11.6 Å². The van der Waals surface area contributed by atoms with Crippen LogP contribution >= 0.6 is 11.6 Å². The summed E-state index contributed by atoms with van der Waals surface area (Å²) in [6, 6.07) is 10.4. The molecule has 0 aliphatic carbocycles. The molecule has 1 aromatic heterocycles. The Hall–Kier alpha value is -2.18. The van der Waals surface area contributed by atoms with Gasteiger partial charge in [-0.1, -0.05) is 29.8 Å². The van der Waals surface area contributed by atoms with Gasteiger partial charge in [0, 0.05) is 19.3 Å². The van der Waals surface area contributed by atoms with E-state index in [0.717, 1.165) is 36.6 Å². The molecule has 0 aliphatic heterocycles. The lowest BCUT2D eigenvalue weighted by Crippen LogP contribution is -2.39. The zero-order chi connectivity index (χ0) is 19.6. The highest BCUT2D eigenvalue weighted by molar-refractivity contribution is 6.29. The van der Waals surface area contributed by atoms with E-state index in [2.05, 4.69) is 20.6 Å². The molecule has 2 rings (SSSR count). The third-order valence-corrected chi connectivity index (χ3v) is 4.34. The predicted molar refractivity (Wildman–Crippen MR) is 110 cm³/mol. The average Bonchev–Trinajstić information content (AvgIpc) is 2.63. The Balaban J connectivity index is 1.98. The van der Waals surface area contributed by atoms with Crippen LogP contribution in [0.15, 0.2) is 47.6 Å². The highest BCUT2D eigenvalue weighted by Crippen LogP contribution is 2.19. The standard InChI is InChI=1S/C20H27ClFN5/c1-4-23-20(24-11-10-15-8-9-19(21)25-13-15)26-14-18(27(2)3)16-6-5-7-17(22)12-16/h5-9,12-13,18H,4,10-11,14H2,1-3H3,(H2,23,24,26). The molecule has 1 heterocycles. The van der Waals surface area contributed by atoms with E-state index in [9.17, 15) is 4.39 Å². The van der Waals surface area contributed by atoms with Crippen LogP contribution in [0.1, 0.15) is 24.1 Å². The summed E-state index contributed by atoms with van der Waals surface area (Å²) in [6.45, 7) is 4.03. The number of aliphatic imine (C=N–C) groups is 1. The van der Waals surface area contributed by atoms with Crippen molar-refractivity contribution in [3.05, 3.63) is 64.7 Å². The molecule has 5 nitrogen and oxygen atoms in total. The number of nitrogens with one attached hydrogen (secondary N) is 2. The minimum absolute atomic E-state index is 0.00313. The first kappa shape index (κ1) is 21.1. The largest absolute Gasteiger partial charge is 0.357 e. The summed E-state index contributed by atoms with van der Waals surface area (Å²) in [5.74, 6) is 0.507. The molecule has 0 saturated carbocycles. The lowest BCUT2D eigenvalue weighted by Gasteiger charge is -2.23. The molecule has 2 N–H and O–H groups in total. The molecule has 27 heavy (non-hydrogen) atoms. The third-order valence-electron chi connectivity index (χ3n) is 4.12. The average molecular weight is 392 g/mol. The van der Waals surface area contributed by atoms with Crippen molar-refractivity contribution >= 4 is 17.6 Å². The highest BCUT2D eigenvalue weighted by Gasteiger charge is 2.14. The summed E-state index contributed by atoms with van der Waals surface area (Å²) in [7, 11) is 3.94. The van der Waals surface area contributed by atoms with Gasteiger partial charge in [0.05, 0.1) is 12.6 Å². The van der Waals surface area contributed by atoms with Gasteiger partial charge in [-0.25, -0.2) is 9.37 Å². The van der Waals surface area contributed by atoms with Gasteiger partial charge in [-0.15, -0.1) is 0 Å². The van der Waals surface area contributed by atoms with Gasteiger partial charge in [-0.3, -0.25) is 4.99 Å². The van der Waals surface area contributed by atoms with Gasteiger partial charge in [0.15, 0.2) is 5.96 Å². The molecular formula is C20H27ClFN5. The van der Waals surface area contributed by atoms with Crippen LogP contribution in [0.4, 0.5) is 4.39 Å². The van der Waals surface area contributed by atoms with Gasteiger partial charge in [0.1, 0.15) is 11.0 Å². The summed E-state index contributed by atoms with van der Waals surface area (Å²) in [5, 5.41) is 7.07. The summed E-state index contributed by atoms with van der Waals surface area (Å²) in [4.78, 5) is 10.8. The van der Waals surface area contributed by atoms with E-state index in [1.54, 1.807) is 24.4 Å². The van der Waals surface area contributed by atoms with E-state index in [0.29, 0.717) is 11.7 Å². The smallest absolute Gasteiger partial charge is 0.191 e. The number of aromatic nitrogens is 1. The number of nitrogens with zero attached hydrogens (tertiary/aromatic N) is 3. The molecular weight excluding hydrogens is 365 g/mol. The first-order valence-electron chi connectivity index (χ1n) is 9.04. The Bertz CT molecular complexity index is 733. The van der Waals surface area contributed by atoms with Crippen molar-refractivity contribution in [3.63, 3.8) is 0 Å².